The van der Waals surface area contributed by atoms with Gasteiger partial charge in [0.1, 0.15) is 10.4 Å². The summed E-state index contributed by atoms with van der Waals surface area (Å²) in [5, 5.41) is 14.1. The molecule has 104 valence electrons. The Bertz CT molecular complexity index is 478. The standard InChI is InChI=1S/C13H16BrNO3S/c14-9-5-8-19-10(9)11(16)15-13(12(17)18)6-3-1-2-4-7-13/h5,8H,1-4,6-7H2,(H,15,16)(H,17,18). The van der Waals surface area contributed by atoms with E-state index in [9.17, 15) is 14.7 Å². The second kappa shape index (κ2) is 6.05. The highest BCUT2D eigenvalue weighted by atomic mass is 79.9. The topological polar surface area (TPSA) is 66.4 Å². The number of carboxylic acid groups (broad SMARTS) is 1. The molecule has 0 radical (unpaired) electrons. The smallest absolute Gasteiger partial charge is 0.329 e. The van der Waals surface area contributed by atoms with Gasteiger partial charge in [-0.25, -0.2) is 4.79 Å². The van der Waals surface area contributed by atoms with Crippen molar-refractivity contribution in [2.24, 2.45) is 0 Å². The van der Waals surface area contributed by atoms with Gasteiger partial charge >= 0.3 is 5.97 Å². The fourth-order valence-corrected chi connectivity index (χ4v) is 3.90. The highest BCUT2D eigenvalue weighted by molar-refractivity contribution is 9.10. The summed E-state index contributed by atoms with van der Waals surface area (Å²) in [7, 11) is 0. The second-order valence-corrected chi connectivity index (χ2v) is 6.62. The van der Waals surface area contributed by atoms with Gasteiger partial charge in [-0.1, -0.05) is 25.7 Å². The van der Waals surface area contributed by atoms with E-state index in [1.807, 2.05) is 0 Å². The van der Waals surface area contributed by atoms with Crippen molar-refractivity contribution in [3.8, 4) is 0 Å². The lowest BCUT2D eigenvalue weighted by Gasteiger charge is -2.29. The molecule has 1 fully saturated rings. The first-order chi connectivity index (χ1) is 9.05. The Balaban J connectivity index is 2.19. The van der Waals surface area contributed by atoms with Gasteiger partial charge in [-0.3, -0.25) is 4.79 Å². The van der Waals surface area contributed by atoms with Gasteiger partial charge in [0.05, 0.1) is 0 Å². The van der Waals surface area contributed by atoms with Crippen LogP contribution in [0.2, 0.25) is 0 Å². The molecule has 1 aliphatic carbocycles. The number of aliphatic carboxylic acids is 1. The number of amides is 1. The predicted octanol–water partition coefficient (Wildman–Crippen LogP) is 3.42. The van der Waals surface area contributed by atoms with Crippen LogP contribution < -0.4 is 5.32 Å². The van der Waals surface area contributed by atoms with Crippen LogP contribution in [0.5, 0.6) is 0 Å². The van der Waals surface area contributed by atoms with Crippen LogP contribution in [0, 0.1) is 0 Å². The third kappa shape index (κ3) is 3.17. The van der Waals surface area contributed by atoms with Crippen molar-refractivity contribution in [3.05, 3.63) is 20.8 Å². The van der Waals surface area contributed by atoms with Gasteiger partial charge in [0.25, 0.3) is 5.91 Å². The fraction of sp³-hybridized carbons (Fsp3) is 0.538. The molecule has 1 aromatic rings. The molecule has 0 saturated heterocycles. The molecule has 6 heteroatoms. The molecule has 0 aliphatic heterocycles. The number of carbonyl (C=O) groups is 2. The number of carbonyl (C=O) groups excluding carboxylic acids is 1. The number of nitrogens with one attached hydrogen (secondary N) is 1. The third-order valence-corrected chi connectivity index (χ3v) is 5.38. The molecule has 0 atom stereocenters. The van der Waals surface area contributed by atoms with Crippen LogP contribution in [0.15, 0.2) is 15.9 Å². The van der Waals surface area contributed by atoms with Gasteiger partial charge in [-0.15, -0.1) is 11.3 Å². The Morgan fingerprint density at radius 3 is 2.37 bits per heavy atom. The number of rotatable bonds is 3. The van der Waals surface area contributed by atoms with E-state index in [2.05, 4.69) is 21.2 Å². The molecule has 1 aromatic heterocycles. The quantitative estimate of drug-likeness (QED) is 0.824. The molecular weight excluding hydrogens is 330 g/mol. The third-order valence-electron chi connectivity index (χ3n) is 3.54. The first-order valence-electron chi connectivity index (χ1n) is 6.34. The molecule has 1 heterocycles. The van der Waals surface area contributed by atoms with Crippen molar-refractivity contribution in [1.29, 1.82) is 0 Å². The second-order valence-electron chi connectivity index (χ2n) is 4.85. The first kappa shape index (κ1) is 14.5. The summed E-state index contributed by atoms with van der Waals surface area (Å²) in [6.45, 7) is 0. The van der Waals surface area contributed by atoms with Crippen LogP contribution in [-0.2, 0) is 4.79 Å². The van der Waals surface area contributed by atoms with E-state index in [4.69, 9.17) is 0 Å². The van der Waals surface area contributed by atoms with Crippen LogP contribution in [0.3, 0.4) is 0 Å². The molecule has 0 bridgehead atoms. The maximum Gasteiger partial charge on any atom is 0.329 e. The summed E-state index contributed by atoms with van der Waals surface area (Å²) in [6, 6.07) is 1.79. The van der Waals surface area contributed by atoms with E-state index < -0.39 is 11.5 Å². The molecule has 1 saturated carbocycles. The summed E-state index contributed by atoms with van der Waals surface area (Å²) in [4.78, 5) is 24.4. The van der Waals surface area contributed by atoms with E-state index in [0.29, 0.717) is 22.2 Å². The Morgan fingerprint density at radius 2 is 1.89 bits per heavy atom. The van der Waals surface area contributed by atoms with Crippen molar-refractivity contribution in [2.75, 3.05) is 0 Å². The van der Waals surface area contributed by atoms with Crippen LogP contribution in [0.1, 0.15) is 48.2 Å². The zero-order valence-corrected chi connectivity index (χ0v) is 12.8. The van der Waals surface area contributed by atoms with Gasteiger partial charge in [0.15, 0.2) is 0 Å². The molecule has 19 heavy (non-hydrogen) atoms. The molecule has 1 aliphatic rings. The van der Waals surface area contributed by atoms with Gasteiger partial charge in [0, 0.05) is 4.47 Å². The average Bonchev–Trinajstić information content (AvgIpc) is 2.64. The van der Waals surface area contributed by atoms with E-state index in [1.54, 1.807) is 11.4 Å². The molecule has 2 N–H and O–H groups in total. The summed E-state index contributed by atoms with van der Waals surface area (Å²) in [5.41, 5.74) is -1.10. The van der Waals surface area contributed by atoms with E-state index in [-0.39, 0.29) is 5.91 Å². The van der Waals surface area contributed by atoms with E-state index >= 15 is 0 Å². The monoisotopic (exact) mass is 345 g/mol. The van der Waals surface area contributed by atoms with Crippen LogP contribution in [0.4, 0.5) is 0 Å². The van der Waals surface area contributed by atoms with Crippen LogP contribution in [-0.4, -0.2) is 22.5 Å². The van der Waals surface area contributed by atoms with E-state index in [0.717, 1.165) is 25.7 Å². The minimum absolute atomic E-state index is 0.300. The Labute approximate surface area is 124 Å². The maximum absolute atomic E-state index is 12.2. The van der Waals surface area contributed by atoms with Gasteiger partial charge in [-0.05, 0) is 40.2 Å². The van der Waals surface area contributed by atoms with Crippen molar-refractivity contribution < 1.29 is 14.7 Å². The van der Waals surface area contributed by atoms with Crippen LogP contribution >= 0.6 is 27.3 Å². The summed E-state index contributed by atoms with van der Waals surface area (Å²) in [6.07, 6.45) is 4.78. The van der Waals surface area contributed by atoms with Gasteiger partial charge in [0.2, 0.25) is 0 Å². The largest absolute Gasteiger partial charge is 0.480 e. The fourth-order valence-electron chi connectivity index (χ4n) is 2.45. The lowest BCUT2D eigenvalue weighted by Crippen LogP contribution is -2.54. The number of hydrogen-bond donors (Lipinski definition) is 2. The number of carboxylic acids is 1. The molecule has 0 unspecified atom stereocenters. The average molecular weight is 346 g/mol. The first-order valence-corrected chi connectivity index (χ1v) is 8.01. The molecular formula is C13H16BrNO3S. The summed E-state index contributed by atoms with van der Waals surface area (Å²) < 4.78 is 0.712. The van der Waals surface area contributed by atoms with Crippen molar-refractivity contribution in [1.82, 2.24) is 5.32 Å². The highest BCUT2D eigenvalue weighted by Gasteiger charge is 2.40. The molecule has 1 amide bonds. The predicted molar refractivity (Wildman–Crippen MR) is 77.6 cm³/mol. The molecule has 0 spiro atoms. The summed E-state index contributed by atoms with van der Waals surface area (Å²) in [5.74, 6) is -1.22. The minimum atomic E-state index is -1.10. The Hall–Kier alpha value is -0.880. The zero-order chi connectivity index (χ0) is 13.9. The highest BCUT2D eigenvalue weighted by Crippen LogP contribution is 2.29. The number of hydrogen-bond acceptors (Lipinski definition) is 3. The van der Waals surface area contributed by atoms with Crippen molar-refractivity contribution >= 4 is 39.1 Å². The minimum Gasteiger partial charge on any atom is -0.480 e. The molecule has 0 aromatic carbocycles. The Kier molecular flexibility index (Phi) is 4.62. The normalized spacial score (nSPS) is 18.6. The molecule has 4 nitrogen and oxygen atoms in total. The SMILES string of the molecule is O=C(NC1(C(=O)O)CCCCCC1)c1sccc1Br. The number of thiophene rings is 1. The molecule has 2 rings (SSSR count). The summed E-state index contributed by atoms with van der Waals surface area (Å²) >= 11 is 4.61. The Morgan fingerprint density at radius 1 is 1.26 bits per heavy atom. The number of halogens is 1. The van der Waals surface area contributed by atoms with Crippen molar-refractivity contribution in [2.45, 2.75) is 44.1 Å². The van der Waals surface area contributed by atoms with E-state index in [1.165, 1.54) is 11.3 Å². The van der Waals surface area contributed by atoms with Gasteiger partial charge in [-0.2, -0.15) is 0 Å². The lowest BCUT2D eigenvalue weighted by atomic mass is 9.90. The van der Waals surface area contributed by atoms with Crippen LogP contribution in [0.25, 0.3) is 0 Å². The van der Waals surface area contributed by atoms with Crippen molar-refractivity contribution in [3.63, 3.8) is 0 Å². The lowest BCUT2D eigenvalue weighted by molar-refractivity contribution is -0.145. The maximum atomic E-state index is 12.2. The van der Waals surface area contributed by atoms with Gasteiger partial charge < -0.3 is 10.4 Å². The zero-order valence-electron chi connectivity index (χ0n) is 10.4.